The van der Waals surface area contributed by atoms with Crippen molar-refractivity contribution in [2.45, 2.75) is 39.7 Å². The van der Waals surface area contributed by atoms with Gasteiger partial charge in [0, 0.05) is 21.7 Å². The molecule has 2 aromatic carbocycles. The predicted molar refractivity (Wildman–Crippen MR) is 171 cm³/mol. The van der Waals surface area contributed by atoms with Crippen molar-refractivity contribution in [1.29, 1.82) is 0 Å². The van der Waals surface area contributed by atoms with Crippen LogP contribution in [0.1, 0.15) is 60.0 Å². The number of aryl methyl sites for hydroxylation is 1. The van der Waals surface area contributed by atoms with E-state index in [0.29, 0.717) is 55.4 Å². The molecule has 0 amide bonds. The zero-order valence-corrected chi connectivity index (χ0v) is 27.3. The van der Waals surface area contributed by atoms with Gasteiger partial charge in [-0.3, -0.25) is 9.36 Å². The quantitative estimate of drug-likeness (QED) is 0.209. The Bertz CT molecular complexity index is 1970. The Morgan fingerprint density at radius 1 is 1.09 bits per heavy atom. The van der Waals surface area contributed by atoms with Gasteiger partial charge in [-0.15, -0.1) is 0 Å². The molecule has 0 bridgehead atoms. The molecule has 4 aromatic rings. The lowest BCUT2D eigenvalue weighted by atomic mass is 9.93. The minimum atomic E-state index is -0.815. The highest BCUT2D eigenvalue weighted by Gasteiger charge is 2.36. The smallest absolute Gasteiger partial charge is 0.338 e. The van der Waals surface area contributed by atoms with E-state index in [1.54, 1.807) is 50.4 Å². The molecule has 0 N–H and O–H groups in total. The van der Waals surface area contributed by atoms with Gasteiger partial charge in [0.2, 0.25) is 0 Å². The zero-order chi connectivity index (χ0) is 31.5. The normalized spacial score (nSPS) is 14.7. The molecule has 0 radical (unpaired) electrons. The summed E-state index contributed by atoms with van der Waals surface area (Å²) < 4.78 is 24.8. The van der Waals surface area contributed by atoms with Crippen LogP contribution in [0.4, 0.5) is 0 Å². The lowest BCUT2D eigenvalue weighted by Gasteiger charge is -2.27. The average molecular weight is 680 g/mol. The van der Waals surface area contributed by atoms with Crippen LogP contribution >= 0.6 is 27.3 Å². The molecule has 9 nitrogen and oxygen atoms in total. The van der Waals surface area contributed by atoms with Crippen LogP contribution in [0.5, 0.6) is 5.75 Å². The molecule has 0 unspecified atom stereocenters. The summed E-state index contributed by atoms with van der Waals surface area (Å²) >= 11 is 4.76. The molecule has 2 aromatic heterocycles. The van der Waals surface area contributed by atoms with Crippen molar-refractivity contribution in [2.24, 2.45) is 4.99 Å². The van der Waals surface area contributed by atoms with E-state index in [0.717, 1.165) is 22.0 Å². The maximum absolute atomic E-state index is 14.1. The Morgan fingerprint density at radius 3 is 2.57 bits per heavy atom. The lowest BCUT2D eigenvalue weighted by Crippen LogP contribution is -2.40. The highest BCUT2D eigenvalue weighted by Crippen LogP contribution is 2.38. The first-order chi connectivity index (χ1) is 21.2. The van der Waals surface area contributed by atoms with Crippen molar-refractivity contribution in [2.75, 3.05) is 20.8 Å². The predicted octanol–water partition coefficient (Wildman–Crippen LogP) is 5.70. The monoisotopic (exact) mass is 678 g/mol. The van der Waals surface area contributed by atoms with Gasteiger partial charge in [0.05, 0.1) is 42.2 Å². The fourth-order valence-corrected chi connectivity index (χ4v) is 6.60. The Kier molecular flexibility index (Phi) is 9.36. The zero-order valence-electron chi connectivity index (χ0n) is 24.9. The summed E-state index contributed by atoms with van der Waals surface area (Å²) in [4.78, 5) is 44.8. The molecule has 1 aliphatic rings. The number of carbonyl (C=O) groups excluding carboxylic acids is 2. The Hall–Kier alpha value is -4.22. The first-order valence-corrected chi connectivity index (χ1v) is 15.7. The van der Waals surface area contributed by atoms with Gasteiger partial charge in [-0.25, -0.2) is 14.6 Å². The fourth-order valence-electron chi connectivity index (χ4n) is 5.22. The van der Waals surface area contributed by atoms with E-state index in [-0.39, 0.29) is 12.2 Å². The second-order valence-electron chi connectivity index (χ2n) is 10.0. The van der Waals surface area contributed by atoms with Gasteiger partial charge in [0.1, 0.15) is 23.3 Å². The third-order valence-electron chi connectivity index (χ3n) is 7.19. The maximum Gasteiger partial charge on any atom is 0.338 e. The first-order valence-electron chi connectivity index (χ1n) is 14.0. The van der Waals surface area contributed by atoms with Gasteiger partial charge in [0.15, 0.2) is 4.80 Å². The molecule has 44 heavy (non-hydrogen) atoms. The largest absolute Gasteiger partial charge is 0.496 e. The molecule has 0 fully saturated rings. The van der Waals surface area contributed by atoms with Crippen molar-refractivity contribution in [3.05, 3.63) is 106 Å². The molecule has 0 spiro atoms. The van der Waals surface area contributed by atoms with Crippen molar-refractivity contribution in [1.82, 2.24) is 4.57 Å². The minimum absolute atomic E-state index is 0.181. The van der Waals surface area contributed by atoms with Gasteiger partial charge in [-0.1, -0.05) is 46.7 Å². The Balaban J connectivity index is 1.66. The summed E-state index contributed by atoms with van der Waals surface area (Å²) in [5.74, 6) is 0.644. The minimum Gasteiger partial charge on any atom is -0.496 e. The van der Waals surface area contributed by atoms with Crippen molar-refractivity contribution in [3.63, 3.8) is 0 Å². The number of fused-ring (bicyclic) bond motifs is 1. The molecule has 1 atom stereocenters. The Morgan fingerprint density at radius 2 is 1.89 bits per heavy atom. The molecular formula is C33H31BrN2O7S. The molecular weight excluding hydrogens is 648 g/mol. The van der Waals surface area contributed by atoms with Crippen LogP contribution in [0.15, 0.2) is 78.5 Å². The highest BCUT2D eigenvalue weighted by atomic mass is 79.9. The van der Waals surface area contributed by atoms with Gasteiger partial charge >= 0.3 is 11.9 Å². The maximum atomic E-state index is 14.1. The summed E-state index contributed by atoms with van der Waals surface area (Å²) in [7, 11) is 2.89. The number of benzene rings is 2. The molecule has 3 heterocycles. The number of hydrogen-bond donors (Lipinski definition) is 0. The lowest BCUT2D eigenvalue weighted by molar-refractivity contribution is -0.139. The number of halogens is 1. The van der Waals surface area contributed by atoms with Crippen LogP contribution in [-0.4, -0.2) is 37.3 Å². The summed E-state index contributed by atoms with van der Waals surface area (Å²) in [5, 5.41) is 0. The number of furan rings is 1. The summed E-state index contributed by atoms with van der Waals surface area (Å²) in [5.41, 5.74) is 3.30. The number of aromatic nitrogens is 1. The highest BCUT2D eigenvalue weighted by molar-refractivity contribution is 9.10. The van der Waals surface area contributed by atoms with Crippen molar-refractivity contribution >= 4 is 45.3 Å². The number of hydrogen-bond acceptors (Lipinski definition) is 9. The summed E-state index contributed by atoms with van der Waals surface area (Å²) in [6.45, 7) is 5.82. The number of carbonyl (C=O) groups is 2. The van der Waals surface area contributed by atoms with Gasteiger partial charge in [0.25, 0.3) is 5.56 Å². The van der Waals surface area contributed by atoms with E-state index in [2.05, 4.69) is 15.9 Å². The van der Waals surface area contributed by atoms with Crippen LogP contribution in [-0.2, 0) is 14.3 Å². The molecule has 0 saturated heterocycles. The van der Waals surface area contributed by atoms with Gasteiger partial charge < -0.3 is 18.6 Å². The van der Waals surface area contributed by atoms with E-state index < -0.39 is 18.0 Å². The average Bonchev–Trinajstić information content (AvgIpc) is 3.60. The van der Waals surface area contributed by atoms with Gasteiger partial charge in [-0.2, -0.15) is 0 Å². The number of rotatable bonds is 9. The second kappa shape index (κ2) is 13.2. The van der Waals surface area contributed by atoms with Crippen molar-refractivity contribution in [3.8, 4) is 17.1 Å². The topological polar surface area (TPSA) is 109 Å². The van der Waals surface area contributed by atoms with E-state index in [1.165, 1.54) is 23.0 Å². The van der Waals surface area contributed by atoms with Crippen molar-refractivity contribution < 1.29 is 28.2 Å². The van der Waals surface area contributed by atoms with Crippen LogP contribution in [0, 0.1) is 6.92 Å². The summed E-state index contributed by atoms with van der Waals surface area (Å²) in [6, 6.07) is 13.5. The molecule has 5 rings (SSSR count). The van der Waals surface area contributed by atoms with Crippen LogP contribution in [0.2, 0.25) is 0 Å². The number of nitrogens with zero attached hydrogens (tertiary/aromatic N) is 2. The number of thiazole rings is 1. The number of allylic oxidation sites excluding steroid dienone is 1. The van der Waals surface area contributed by atoms with E-state index in [1.807, 2.05) is 32.0 Å². The molecule has 228 valence electrons. The third-order valence-corrected chi connectivity index (χ3v) is 8.67. The van der Waals surface area contributed by atoms with E-state index in [9.17, 15) is 14.4 Å². The number of methoxy groups -OCH3 is 2. The van der Waals surface area contributed by atoms with Crippen LogP contribution < -0.4 is 19.6 Å². The molecule has 0 aliphatic carbocycles. The van der Waals surface area contributed by atoms with E-state index >= 15 is 0 Å². The van der Waals surface area contributed by atoms with E-state index in [4.69, 9.17) is 23.6 Å². The second-order valence-corrected chi connectivity index (χ2v) is 11.9. The van der Waals surface area contributed by atoms with Gasteiger partial charge in [-0.05, 0) is 68.3 Å². The van der Waals surface area contributed by atoms with Crippen LogP contribution in [0.25, 0.3) is 17.4 Å². The molecule has 0 saturated carbocycles. The number of ether oxygens (including phenoxy) is 3. The third kappa shape index (κ3) is 5.94. The molecule has 1 aliphatic heterocycles. The first kappa shape index (κ1) is 31.2. The summed E-state index contributed by atoms with van der Waals surface area (Å²) in [6.07, 6.45) is 2.95. The standard InChI is InChI=1S/C33H31BrN2O7S/c1-6-8-24-28(32(39)42-7-2)29(23-16-20(34)10-13-25(23)40-4)36-30(37)27(44-33(36)35-24)17-21-11-14-26(43-21)22-12-9-19(15-18(22)3)31(38)41-5/h9-17,29H,6-8H2,1-5H3/b27-17-/t29-/m0/s1. The number of esters is 2. The molecule has 11 heteroatoms. The van der Waals surface area contributed by atoms with Crippen LogP contribution in [0.3, 0.4) is 0 Å². The Labute approximate surface area is 266 Å². The fraction of sp³-hybridized carbons (Fsp3) is 0.273. The SMILES string of the molecule is CCCC1=C(C(=O)OCC)[C@H](c2cc(Br)ccc2OC)n2c(s/c(=C\c3ccc(-c4ccc(C(=O)OC)cc4C)o3)c2=O)=N1.